The SMILES string of the molecule is C[C@@H]1CN(c2cc(F)cc(NC(=O)NCCOc3cccnc3)c2)C[C@H](C)O1. The van der Waals surface area contributed by atoms with Gasteiger partial charge in [-0.1, -0.05) is 0 Å². The molecule has 3 rings (SSSR count). The van der Waals surface area contributed by atoms with Crippen LogP contribution in [0.4, 0.5) is 20.6 Å². The van der Waals surface area contributed by atoms with E-state index >= 15 is 0 Å². The smallest absolute Gasteiger partial charge is 0.319 e. The number of benzene rings is 1. The number of halogens is 1. The van der Waals surface area contributed by atoms with Gasteiger partial charge in [0.05, 0.1) is 24.9 Å². The van der Waals surface area contributed by atoms with E-state index in [1.54, 1.807) is 30.6 Å². The van der Waals surface area contributed by atoms with Crippen LogP contribution in [0.3, 0.4) is 0 Å². The molecule has 1 aliphatic heterocycles. The van der Waals surface area contributed by atoms with E-state index in [-0.39, 0.29) is 12.2 Å². The Labute approximate surface area is 163 Å². The average molecular weight is 388 g/mol. The van der Waals surface area contributed by atoms with Crippen LogP contribution in [0.1, 0.15) is 13.8 Å². The van der Waals surface area contributed by atoms with Crippen LogP contribution in [0.25, 0.3) is 0 Å². The number of nitrogens with zero attached hydrogens (tertiary/aromatic N) is 2. The van der Waals surface area contributed by atoms with Crippen molar-refractivity contribution in [1.29, 1.82) is 0 Å². The first-order valence-corrected chi connectivity index (χ1v) is 9.28. The minimum atomic E-state index is -0.421. The monoisotopic (exact) mass is 388 g/mol. The van der Waals surface area contributed by atoms with Gasteiger partial charge in [0.25, 0.3) is 0 Å². The highest BCUT2D eigenvalue weighted by atomic mass is 19.1. The fourth-order valence-corrected chi connectivity index (χ4v) is 3.16. The molecular formula is C20H25FN4O3. The Morgan fingerprint density at radius 2 is 2.11 bits per heavy atom. The van der Waals surface area contributed by atoms with Crippen LogP contribution >= 0.6 is 0 Å². The Balaban J connectivity index is 1.52. The predicted molar refractivity (Wildman–Crippen MR) is 105 cm³/mol. The van der Waals surface area contributed by atoms with E-state index in [9.17, 15) is 9.18 Å². The first-order chi connectivity index (χ1) is 13.5. The zero-order valence-electron chi connectivity index (χ0n) is 16.0. The van der Waals surface area contributed by atoms with Crippen LogP contribution in [-0.2, 0) is 4.74 Å². The molecule has 1 saturated heterocycles. The molecule has 2 aromatic rings. The molecule has 0 spiro atoms. The molecule has 150 valence electrons. The molecule has 0 radical (unpaired) electrons. The Morgan fingerprint density at radius 3 is 2.82 bits per heavy atom. The first-order valence-electron chi connectivity index (χ1n) is 9.28. The lowest BCUT2D eigenvalue weighted by Crippen LogP contribution is -2.45. The summed E-state index contributed by atoms with van der Waals surface area (Å²) in [5.74, 6) is 0.230. The molecule has 1 fully saturated rings. The Morgan fingerprint density at radius 1 is 1.32 bits per heavy atom. The summed E-state index contributed by atoms with van der Waals surface area (Å²) in [5.41, 5.74) is 1.12. The molecule has 2 atom stereocenters. The fraction of sp³-hybridized carbons (Fsp3) is 0.400. The minimum absolute atomic E-state index is 0.0616. The highest BCUT2D eigenvalue weighted by molar-refractivity contribution is 5.89. The van der Waals surface area contributed by atoms with Crippen molar-refractivity contribution >= 4 is 17.4 Å². The molecule has 0 saturated carbocycles. The quantitative estimate of drug-likeness (QED) is 0.744. The van der Waals surface area contributed by atoms with Crippen LogP contribution in [0.2, 0.25) is 0 Å². The average Bonchev–Trinajstić information content (AvgIpc) is 2.65. The molecule has 8 heteroatoms. The maximum atomic E-state index is 14.1. The van der Waals surface area contributed by atoms with E-state index in [1.807, 2.05) is 13.8 Å². The normalized spacial score (nSPS) is 19.2. The van der Waals surface area contributed by atoms with Crippen LogP contribution < -0.4 is 20.3 Å². The summed E-state index contributed by atoms with van der Waals surface area (Å²) in [5, 5.41) is 5.35. The van der Waals surface area contributed by atoms with Gasteiger partial charge in [0.2, 0.25) is 0 Å². The lowest BCUT2D eigenvalue weighted by molar-refractivity contribution is -0.00523. The lowest BCUT2D eigenvalue weighted by Gasteiger charge is -2.37. The van der Waals surface area contributed by atoms with Crippen LogP contribution in [0, 0.1) is 5.82 Å². The number of amides is 2. The van der Waals surface area contributed by atoms with E-state index < -0.39 is 11.8 Å². The van der Waals surface area contributed by atoms with Crippen molar-refractivity contribution in [3.8, 4) is 5.75 Å². The summed E-state index contributed by atoms with van der Waals surface area (Å²) >= 11 is 0. The summed E-state index contributed by atoms with van der Waals surface area (Å²) in [7, 11) is 0. The molecule has 0 bridgehead atoms. The number of urea groups is 1. The largest absolute Gasteiger partial charge is 0.490 e. The number of pyridine rings is 1. The van der Waals surface area contributed by atoms with Crippen molar-refractivity contribution in [2.45, 2.75) is 26.1 Å². The van der Waals surface area contributed by atoms with Crippen molar-refractivity contribution in [2.75, 3.05) is 36.5 Å². The number of aromatic nitrogens is 1. The minimum Gasteiger partial charge on any atom is -0.490 e. The van der Waals surface area contributed by atoms with Crippen LogP contribution in [-0.4, -0.2) is 49.5 Å². The second kappa shape index (κ2) is 9.36. The summed E-state index contributed by atoms with van der Waals surface area (Å²) < 4.78 is 25.2. The third kappa shape index (κ3) is 5.82. The van der Waals surface area contributed by atoms with Gasteiger partial charge in [-0.15, -0.1) is 0 Å². The standard InChI is InChI=1S/C20H25FN4O3/c1-14-12-25(13-15(2)28-14)18-9-16(21)8-17(10-18)24-20(26)23-6-7-27-19-4-3-5-22-11-19/h3-5,8-11,14-15H,6-7,12-13H2,1-2H3,(H2,23,24,26)/t14-,15+. The summed E-state index contributed by atoms with van der Waals surface area (Å²) in [6.07, 6.45) is 3.38. The van der Waals surface area contributed by atoms with E-state index in [4.69, 9.17) is 9.47 Å². The third-order valence-electron chi connectivity index (χ3n) is 4.22. The highest BCUT2D eigenvalue weighted by Crippen LogP contribution is 2.25. The van der Waals surface area contributed by atoms with Gasteiger partial charge in [0, 0.05) is 30.7 Å². The van der Waals surface area contributed by atoms with Gasteiger partial charge < -0.3 is 25.0 Å². The van der Waals surface area contributed by atoms with Gasteiger partial charge in [-0.3, -0.25) is 4.98 Å². The second-order valence-corrected chi connectivity index (χ2v) is 6.78. The molecule has 2 N–H and O–H groups in total. The number of rotatable bonds is 6. The topological polar surface area (TPSA) is 75.7 Å². The van der Waals surface area contributed by atoms with E-state index in [2.05, 4.69) is 20.5 Å². The van der Waals surface area contributed by atoms with Gasteiger partial charge in [0.1, 0.15) is 18.2 Å². The number of nitrogens with one attached hydrogen (secondary N) is 2. The van der Waals surface area contributed by atoms with Crippen molar-refractivity contribution in [3.63, 3.8) is 0 Å². The molecule has 2 amide bonds. The number of ether oxygens (including phenoxy) is 2. The number of carbonyl (C=O) groups is 1. The maximum Gasteiger partial charge on any atom is 0.319 e. The molecule has 1 aromatic heterocycles. The molecule has 0 aliphatic carbocycles. The van der Waals surface area contributed by atoms with Crippen molar-refractivity contribution in [3.05, 3.63) is 48.5 Å². The highest BCUT2D eigenvalue weighted by Gasteiger charge is 2.23. The molecule has 1 aromatic carbocycles. The molecule has 7 nitrogen and oxygen atoms in total. The van der Waals surface area contributed by atoms with E-state index in [0.29, 0.717) is 37.7 Å². The Hall–Kier alpha value is -2.87. The number of carbonyl (C=O) groups excluding carboxylic acids is 1. The number of morpholine rings is 1. The van der Waals surface area contributed by atoms with Gasteiger partial charge in [0.15, 0.2) is 0 Å². The van der Waals surface area contributed by atoms with Gasteiger partial charge in [-0.25, -0.2) is 9.18 Å². The lowest BCUT2D eigenvalue weighted by atomic mass is 10.2. The Kier molecular flexibility index (Phi) is 6.65. The first kappa shape index (κ1) is 19.9. The van der Waals surface area contributed by atoms with E-state index in [1.165, 1.54) is 12.1 Å². The number of hydrogen-bond acceptors (Lipinski definition) is 5. The van der Waals surface area contributed by atoms with Gasteiger partial charge in [-0.05, 0) is 44.2 Å². The Bertz CT molecular complexity index is 780. The molecule has 0 unspecified atom stereocenters. The van der Waals surface area contributed by atoms with Crippen LogP contribution in [0.15, 0.2) is 42.7 Å². The zero-order chi connectivity index (χ0) is 19.9. The van der Waals surface area contributed by atoms with Crippen molar-refractivity contribution in [1.82, 2.24) is 10.3 Å². The summed E-state index contributed by atoms with van der Waals surface area (Å²) in [6.45, 7) is 5.93. The summed E-state index contributed by atoms with van der Waals surface area (Å²) in [6, 6.07) is 7.66. The third-order valence-corrected chi connectivity index (χ3v) is 4.22. The van der Waals surface area contributed by atoms with Crippen LogP contribution in [0.5, 0.6) is 5.75 Å². The van der Waals surface area contributed by atoms with Gasteiger partial charge >= 0.3 is 6.03 Å². The van der Waals surface area contributed by atoms with Gasteiger partial charge in [-0.2, -0.15) is 0 Å². The maximum absolute atomic E-state index is 14.1. The molecule has 2 heterocycles. The molecular weight excluding hydrogens is 363 g/mol. The fourth-order valence-electron chi connectivity index (χ4n) is 3.16. The second-order valence-electron chi connectivity index (χ2n) is 6.78. The molecule has 28 heavy (non-hydrogen) atoms. The summed E-state index contributed by atoms with van der Waals surface area (Å²) in [4.78, 5) is 18.1. The zero-order valence-corrected chi connectivity index (χ0v) is 16.0. The number of anilines is 2. The van der Waals surface area contributed by atoms with Crippen molar-refractivity contribution in [2.24, 2.45) is 0 Å². The molecule has 1 aliphatic rings. The van der Waals surface area contributed by atoms with Crippen molar-refractivity contribution < 1.29 is 18.7 Å². The van der Waals surface area contributed by atoms with E-state index in [0.717, 1.165) is 5.69 Å². The predicted octanol–water partition coefficient (Wildman–Crippen LogP) is 3.03. The number of hydrogen-bond donors (Lipinski definition) is 2.